The summed E-state index contributed by atoms with van der Waals surface area (Å²) in [6.45, 7) is 0. The van der Waals surface area contributed by atoms with E-state index in [2.05, 4.69) is 9.97 Å². The third-order valence-electron chi connectivity index (χ3n) is 4.30. The maximum Gasteiger partial charge on any atom is 0.332 e. The summed E-state index contributed by atoms with van der Waals surface area (Å²) in [7, 11) is 2.97. The molecule has 142 valence electrons. The molecule has 0 bridgehead atoms. The molecule has 7 nitrogen and oxygen atoms in total. The van der Waals surface area contributed by atoms with E-state index >= 15 is 0 Å². The maximum atomic E-state index is 13.1. The van der Waals surface area contributed by atoms with Gasteiger partial charge in [-0.15, -0.1) is 11.8 Å². The van der Waals surface area contributed by atoms with Crippen LogP contribution < -0.4 is 11.2 Å². The Bertz CT molecular complexity index is 1280. The fraction of sp³-hybridized carbons (Fsp3) is 0.158. The number of rotatable bonds is 4. The number of nitrogens with zero attached hydrogens (tertiary/aromatic N) is 4. The molecule has 9 heteroatoms. The van der Waals surface area contributed by atoms with Crippen molar-refractivity contribution in [2.75, 3.05) is 0 Å². The Morgan fingerprint density at radius 3 is 2.50 bits per heavy atom. The fourth-order valence-corrected chi connectivity index (χ4v) is 3.75. The van der Waals surface area contributed by atoms with Gasteiger partial charge in [0.15, 0.2) is 17.2 Å². The van der Waals surface area contributed by atoms with Gasteiger partial charge in [-0.05, 0) is 29.8 Å². The zero-order chi connectivity index (χ0) is 19.8. The largest absolute Gasteiger partial charge is 0.461 e. The Labute approximate surface area is 162 Å². The number of furan rings is 1. The van der Waals surface area contributed by atoms with Crippen LogP contribution in [-0.4, -0.2) is 19.1 Å². The molecule has 0 aliphatic heterocycles. The van der Waals surface area contributed by atoms with Crippen LogP contribution in [-0.2, 0) is 19.8 Å². The topological polar surface area (TPSA) is 82.9 Å². The van der Waals surface area contributed by atoms with E-state index in [1.165, 1.54) is 41.8 Å². The van der Waals surface area contributed by atoms with Crippen molar-refractivity contribution >= 4 is 22.8 Å². The molecular formula is C19H15FN4O3S. The van der Waals surface area contributed by atoms with Crippen LogP contribution in [0.15, 0.2) is 61.7 Å². The first kappa shape index (κ1) is 18.2. The van der Waals surface area contributed by atoms with E-state index in [0.717, 1.165) is 10.1 Å². The number of halogens is 1. The van der Waals surface area contributed by atoms with Crippen molar-refractivity contribution in [2.24, 2.45) is 14.1 Å². The monoisotopic (exact) mass is 398 g/mol. The van der Waals surface area contributed by atoms with Gasteiger partial charge >= 0.3 is 5.69 Å². The van der Waals surface area contributed by atoms with Crippen molar-refractivity contribution in [3.63, 3.8) is 0 Å². The minimum atomic E-state index is -0.476. The van der Waals surface area contributed by atoms with E-state index in [-0.39, 0.29) is 22.7 Å². The molecule has 3 aromatic heterocycles. The summed E-state index contributed by atoms with van der Waals surface area (Å²) in [5.74, 6) is 0.863. The first-order valence-electron chi connectivity index (χ1n) is 8.34. The molecule has 28 heavy (non-hydrogen) atoms. The van der Waals surface area contributed by atoms with E-state index in [1.807, 2.05) is 0 Å². The fourth-order valence-electron chi connectivity index (χ4n) is 2.78. The third-order valence-corrected chi connectivity index (χ3v) is 5.34. The van der Waals surface area contributed by atoms with Crippen LogP contribution in [0.5, 0.6) is 0 Å². The van der Waals surface area contributed by atoms with E-state index < -0.39 is 11.2 Å². The third kappa shape index (κ3) is 3.13. The van der Waals surface area contributed by atoms with Crippen LogP contribution in [0.25, 0.3) is 22.6 Å². The molecule has 0 N–H and O–H groups in total. The molecule has 4 rings (SSSR count). The first-order chi connectivity index (χ1) is 13.5. The van der Waals surface area contributed by atoms with Gasteiger partial charge in [0.1, 0.15) is 16.2 Å². The van der Waals surface area contributed by atoms with Gasteiger partial charge < -0.3 is 4.42 Å². The Hall–Kier alpha value is -3.20. The Morgan fingerprint density at radius 2 is 1.82 bits per heavy atom. The van der Waals surface area contributed by atoms with Crippen LogP contribution in [0.1, 0.15) is 5.56 Å². The number of aromatic nitrogens is 4. The minimum Gasteiger partial charge on any atom is -0.461 e. The number of fused-ring (bicyclic) bond motifs is 1. The van der Waals surface area contributed by atoms with Gasteiger partial charge in [-0.1, -0.05) is 12.1 Å². The lowest BCUT2D eigenvalue weighted by molar-refractivity contribution is 0.576. The summed E-state index contributed by atoms with van der Waals surface area (Å²) in [4.78, 5) is 34.0. The highest BCUT2D eigenvalue weighted by molar-refractivity contribution is 7.98. The van der Waals surface area contributed by atoms with E-state index in [4.69, 9.17) is 4.42 Å². The van der Waals surface area contributed by atoms with Gasteiger partial charge in [0.05, 0.1) is 6.26 Å². The second-order valence-corrected chi connectivity index (χ2v) is 7.11. The zero-order valence-corrected chi connectivity index (χ0v) is 15.9. The predicted octanol–water partition coefficient (Wildman–Crippen LogP) is 2.72. The molecule has 0 unspecified atom stereocenters. The highest BCUT2D eigenvalue weighted by atomic mass is 32.2. The average Bonchev–Trinajstić information content (AvgIpc) is 3.24. The molecule has 0 aliphatic carbocycles. The summed E-state index contributed by atoms with van der Waals surface area (Å²) in [6, 6.07) is 9.52. The quantitative estimate of drug-likeness (QED) is 0.388. The highest BCUT2D eigenvalue weighted by Crippen LogP contribution is 2.28. The van der Waals surface area contributed by atoms with Gasteiger partial charge in [0.2, 0.25) is 0 Å². The van der Waals surface area contributed by atoms with Gasteiger partial charge in [-0.3, -0.25) is 13.9 Å². The smallest absolute Gasteiger partial charge is 0.332 e. The molecule has 4 aromatic rings. The average molecular weight is 398 g/mol. The molecule has 0 spiro atoms. The predicted molar refractivity (Wildman–Crippen MR) is 104 cm³/mol. The number of hydrogen-bond acceptors (Lipinski definition) is 6. The summed E-state index contributed by atoms with van der Waals surface area (Å²) in [5.41, 5.74) is 0.164. The van der Waals surface area contributed by atoms with Crippen LogP contribution in [0.2, 0.25) is 0 Å². The van der Waals surface area contributed by atoms with E-state index in [1.54, 1.807) is 31.3 Å². The zero-order valence-electron chi connectivity index (χ0n) is 15.0. The second kappa shape index (κ2) is 7.08. The number of hydrogen-bond donors (Lipinski definition) is 0. The summed E-state index contributed by atoms with van der Waals surface area (Å²) in [6.07, 6.45) is 1.50. The minimum absolute atomic E-state index is 0.233. The molecule has 0 saturated heterocycles. The Balaban J connectivity index is 1.90. The first-order valence-corrected chi connectivity index (χ1v) is 9.33. The molecule has 1 aromatic carbocycles. The molecule has 0 saturated carbocycles. The summed E-state index contributed by atoms with van der Waals surface area (Å²) < 4.78 is 20.9. The molecule has 0 aliphatic rings. The molecular weight excluding hydrogens is 383 g/mol. The number of aryl methyl sites for hydroxylation is 1. The van der Waals surface area contributed by atoms with Crippen molar-refractivity contribution in [1.29, 1.82) is 0 Å². The van der Waals surface area contributed by atoms with Crippen molar-refractivity contribution < 1.29 is 8.81 Å². The van der Waals surface area contributed by atoms with E-state index in [0.29, 0.717) is 16.5 Å². The standard InChI is InChI=1S/C19H15FN4O3S/c1-23-16-14(18(25)24(2)19(23)26)17(22-15(21-16)13-4-3-9-27-13)28-10-11-5-7-12(20)8-6-11/h3-9H,10H2,1-2H3. The van der Waals surface area contributed by atoms with Crippen molar-refractivity contribution in [3.05, 3.63) is 74.9 Å². The van der Waals surface area contributed by atoms with Crippen LogP contribution >= 0.6 is 11.8 Å². The SMILES string of the molecule is Cn1c(=O)c2c(SCc3ccc(F)cc3)nc(-c3ccco3)nc2n(C)c1=O. The van der Waals surface area contributed by atoms with Crippen molar-refractivity contribution in [1.82, 2.24) is 19.1 Å². The lowest BCUT2D eigenvalue weighted by atomic mass is 10.2. The van der Waals surface area contributed by atoms with Gasteiger partial charge in [0, 0.05) is 19.8 Å². The van der Waals surface area contributed by atoms with Crippen LogP contribution in [0.3, 0.4) is 0 Å². The molecule has 0 radical (unpaired) electrons. The molecule has 0 atom stereocenters. The van der Waals surface area contributed by atoms with Crippen molar-refractivity contribution in [2.45, 2.75) is 10.8 Å². The van der Waals surface area contributed by atoms with Crippen molar-refractivity contribution in [3.8, 4) is 11.6 Å². The summed E-state index contributed by atoms with van der Waals surface area (Å²) in [5, 5.41) is 0.684. The molecule has 0 fully saturated rings. The number of thioether (sulfide) groups is 1. The van der Waals surface area contributed by atoms with E-state index in [9.17, 15) is 14.0 Å². The number of benzene rings is 1. The van der Waals surface area contributed by atoms with Crippen LogP contribution in [0, 0.1) is 5.82 Å². The molecule has 0 amide bonds. The maximum absolute atomic E-state index is 13.1. The Kier molecular flexibility index (Phi) is 4.60. The lowest BCUT2D eigenvalue weighted by Gasteiger charge is -2.11. The normalized spacial score (nSPS) is 11.2. The van der Waals surface area contributed by atoms with Gasteiger partial charge in [0.25, 0.3) is 5.56 Å². The summed E-state index contributed by atoms with van der Waals surface area (Å²) >= 11 is 1.31. The molecule has 3 heterocycles. The lowest BCUT2D eigenvalue weighted by Crippen LogP contribution is -2.37. The second-order valence-electron chi connectivity index (χ2n) is 6.15. The van der Waals surface area contributed by atoms with Gasteiger partial charge in [-0.25, -0.2) is 19.2 Å². The van der Waals surface area contributed by atoms with Gasteiger partial charge in [-0.2, -0.15) is 0 Å². The highest BCUT2D eigenvalue weighted by Gasteiger charge is 2.19. The Morgan fingerprint density at radius 1 is 1.07 bits per heavy atom. The van der Waals surface area contributed by atoms with Crippen LogP contribution in [0.4, 0.5) is 4.39 Å².